The van der Waals surface area contributed by atoms with E-state index in [1.54, 1.807) is 0 Å². The fraction of sp³-hybridized carbons (Fsp3) is 0.417. The van der Waals surface area contributed by atoms with Gasteiger partial charge in [-0.3, -0.25) is 4.79 Å². The first-order valence-corrected chi connectivity index (χ1v) is 5.18. The standard InChI is InChI=1S/C12H14O3/c1-2-15-11-4-3-8-5-10(12(13)14)6-9(8)7-11/h3-4,7,10H,2,5-6H2,1H3,(H,13,14). The first-order valence-electron chi connectivity index (χ1n) is 5.18. The van der Waals surface area contributed by atoms with Crippen LogP contribution in [0.1, 0.15) is 18.1 Å². The van der Waals surface area contributed by atoms with Gasteiger partial charge in [0.25, 0.3) is 0 Å². The van der Waals surface area contributed by atoms with Gasteiger partial charge in [-0.1, -0.05) is 6.07 Å². The number of fused-ring (bicyclic) bond motifs is 1. The van der Waals surface area contributed by atoms with Crippen molar-refractivity contribution in [3.63, 3.8) is 0 Å². The molecule has 0 aliphatic heterocycles. The van der Waals surface area contributed by atoms with Gasteiger partial charge in [0, 0.05) is 0 Å². The van der Waals surface area contributed by atoms with Crippen LogP contribution in [0.4, 0.5) is 0 Å². The molecule has 0 spiro atoms. The molecule has 1 aliphatic carbocycles. The summed E-state index contributed by atoms with van der Waals surface area (Å²) in [6, 6.07) is 5.84. The summed E-state index contributed by atoms with van der Waals surface area (Å²) in [5.74, 6) is -0.122. The number of rotatable bonds is 3. The minimum Gasteiger partial charge on any atom is -0.494 e. The van der Waals surface area contributed by atoms with Crippen LogP contribution in [0.15, 0.2) is 18.2 Å². The molecule has 1 unspecified atom stereocenters. The topological polar surface area (TPSA) is 46.5 Å². The molecule has 2 rings (SSSR count). The van der Waals surface area contributed by atoms with E-state index in [4.69, 9.17) is 9.84 Å². The van der Waals surface area contributed by atoms with Crippen molar-refractivity contribution in [1.29, 1.82) is 0 Å². The van der Waals surface area contributed by atoms with Crippen molar-refractivity contribution < 1.29 is 14.6 Å². The van der Waals surface area contributed by atoms with Gasteiger partial charge in [0.15, 0.2) is 0 Å². The Morgan fingerprint density at radius 3 is 2.87 bits per heavy atom. The molecule has 0 amide bonds. The molecule has 1 aromatic carbocycles. The lowest BCUT2D eigenvalue weighted by Crippen LogP contribution is -2.12. The molecule has 1 N–H and O–H groups in total. The predicted octanol–water partition coefficient (Wildman–Crippen LogP) is 1.88. The minimum absolute atomic E-state index is 0.253. The van der Waals surface area contributed by atoms with Crippen LogP contribution in [0.2, 0.25) is 0 Å². The third kappa shape index (κ3) is 1.96. The Morgan fingerprint density at radius 2 is 2.20 bits per heavy atom. The molecule has 0 aromatic heterocycles. The third-order valence-corrected chi connectivity index (χ3v) is 2.77. The summed E-state index contributed by atoms with van der Waals surface area (Å²) in [7, 11) is 0. The van der Waals surface area contributed by atoms with Crippen LogP contribution in [0.5, 0.6) is 5.75 Å². The second-order valence-electron chi connectivity index (χ2n) is 3.81. The second-order valence-corrected chi connectivity index (χ2v) is 3.81. The highest BCUT2D eigenvalue weighted by molar-refractivity contribution is 5.72. The van der Waals surface area contributed by atoms with Gasteiger partial charge in [0.2, 0.25) is 0 Å². The number of benzene rings is 1. The summed E-state index contributed by atoms with van der Waals surface area (Å²) in [4.78, 5) is 10.8. The lowest BCUT2D eigenvalue weighted by atomic mass is 10.1. The Morgan fingerprint density at radius 1 is 1.47 bits per heavy atom. The number of hydrogen-bond acceptors (Lipinski definition) is 2. The van der Waals surface area contributed by atoms with Gasteiger partial charge in [-0.15, -0.1) is 0 Å². The molecule has 1 aromatic rings. The fourth-order valence-corrected chi connectivity index (χ4v) is 2.03. The lowest BCUT2D eigenvalue weighted by molar-refractivity contribution is -0.141. The Labute approximate surface area is 88.7 Å². The third-order valence-electron chi connectivity index (χ3n) is 2.77. The van der Waals surface area contributed by atoms with Gasteiger partial charge in [-0.2, -0.15) is 0 Å². The highest BCUT2D eigenvalue weighted by Gasteiger charge is 2.27. The van der Waals surface area contributed by atoms with Gasteiger partial charge >= 0.3 is 5.97 Å². The van der Waals surface area contributed by atoms with Gasteiger partial charge in [0.05, 0.1) is 12.5 Å². The molecule has 80 valence electrons. The van der Waals surface area contributed by atoms with Crippen molar-refractivity contribution in [2.45, 2.75) is 19.8 Å². The van der Waals surface area contributed by atoms with Gasteiger partial charge < -0.3 is 9.84 Å². The zero-order valence-corrected chi connectivity index (χ0v) is 8.69. The smallest absolute Gasteiger partial charge is 0.307 e. The highest BCUT2D eigenvalue weighted by atomic mass is 16.5. The second kappa shape index (κ2) is 3.93. The number of ether oxygens (including phenoxy) is 1. The molecule has 0 saturated carbocycles. The van der Waals surface area contributed by atoms with Gasteiger partial charge in [-0.25, -0.2) is 0 Å². The maximum Gasteiger partial charge on any atom is 0.307 e. The molecule has 1 atom stereocenters. The van der Waals surface area contributed by atoms with Crippen LogP contribution in [0.25, 0.3) is 0 Å². The van der Waals surface area contributed by atoms with Gasteiger partial charge in [-0.05, 0) is 43.0 Å². The van der Waals surface area contributed by atoms with Crippen molar-refractivity contribution in [3.05, 3.63) is 29.3 Å². The van der Waals surface area contributed by atoms with E-state index in [1.165, 1.54) is 0 Å². The largest absolute Gasteiger partial charge is 0.494 e. The molecule has 0 radical (unpaired) electrons. The van der Waals surface area contributed by atoms with Crippen LogP contribution in [-0.2, 0) is 17.6 Å². The summed E-state index contributed by atoms with van der Waals surface area (Å²) >= 11 is 0. The fourth-order valence-electron chi connectivity index (χ4n) is 2.03. The van der Waals surface area contributed by atoms with Crippen molar-refractivity contribution in [2.24, 2.45) is 5.92 Å². The first-order chi connectivity index (χ1) is 7.20. The van der Waals surface area contributed by atoms with Crippen molar-refractivity contribution >= 4 is 5.97 Å². The van der Waals surface area contributed by atoms with Crippen molar-refractivity contribution in [3.8, 4) is 5.75 Å². The van der Waals surface area contributed by atoms with Crippen LogP contribution in [-0.4, -0.2) is 17.7 Å². The zero-order valence-electron chi connectivity index (χ0n) is 8.69. The Hall–Kier alpha value is -1.51. The van der Waals surface area contributed by atoms with E-state index in [9.17, 15) is 4.79 Å². The molecular formula is C12H14O3. The Bertz CT molecular complexity index is 384. The van der Waals surface area contributed by atoms with Crippen molar-refractivity contribution in [1.82, 2.24) is 0 Å². The maximum absolute atomic E-state index is 10.8. The summed E-state index contributed by atoms with van der Waals surface area (Å²) in [5, 5.41) is 8.93. The molecule has 0 heterocycles. The van der Waals surface area contributed by atoms with Crippen LogP contribution < -0.4 is 4.74 Å². The molecule has 1 aliphatic rings. The van der Waals surface area contributed by atoms with E-state index < -0.39 is 5.97 Å². The van der Waals surface area contributed by atoms with Crippen molar-refractivity contribution in [2.75, 3.05) is 6.61 Å². The normalized spacial score (nSPS) is 18.6. The number of hydrogen-bond donors (Lipinski definition) is 1. The van der Waals surface area contributed by atoms with E-state index >= 15 is 0 Å². The molecule has 3 nitrogen and oxygen atoms in total. The lowest BCUT2D eigenvalue weighted by Gasteiger charge is -2.04. The summed E-state index contributed by atoms with van der Waals surface area (Å²) in [5.41, 5.74) is 2.26. The molecular weight excluding hydrogens is 192 g/mol. The number of carbonyl (C=O) groups is 1. The average molecular weight is 206 g/mol. The summed E-state index contributed by atoms with van der Waals surface area (Å²) < 4.78 is 5.38. The number of carboxylic acid groups (broad SMARTS) is 1. The molecule has 0 fully saturated rings. The average Bonchev–Trinajstić information content (AvgIpc) is 2.61. The molecule has 0 bridgehead atoms. The van der Waals surface area contributed by atoms with Crippen LogP contribution >= 0.6 is 0 Å². The van der Waals surface area contributed by atoms with E-state index in [2.05, 4.69) is 0 Å². The number of carboxylic acids is 1. The SMILES string of the molecule is CCOc1ccc2c(c1)CC(C(=O)O)C2. The predicted molar refractivity (Wildman–Crippen MR) is 56.1 cm³/mol. The van der Waals surface area contributed by atoms with Crippen LogP contribution in [0.3, 0.4) is 0 Å². The molecule has 15 heavy (non-hydrogen) atoms. The van der Waals surface area contributed by atoms with E-state index in [0.29, 0.717) is 19.4 Å². The van der Waals surface area contributed by atoms with E-state index in [1.807, 2.05) is 25.1 Å². The number of aliphatic carboxylic acids is 1. The monoisotopic (exact) mass is 206 g/mol. The van der Waals surface area contributed by atoms with E-state index in [0.717, 1.165) is 16.9 Å². The van der Waals surface area contributed by atoms with Gasteiger partial charge in [0.1, 0.15) is 5.75 Å². The quantitative estimate of drug-likeness (QED) is 0.821. The summed E-state index contributed by atoms with van der Waals surface area (Å²) in [6.07, 6.45) is 1.28. The first kappa shape index (κ1) is 10.0. The highest BCUT2D eigenvalue weighted by Crippen LogP contribution is 2.29. The summed E-state index contributed by atoms with van der Waals surface area (Å²) in [6.45, 7) is 2.58. The molecule has 3 heteroatoms. The molecule has 0 saturated heterocycles. The minimum atomic E-state index is -0.704. The van der Waals surface area contributed by atoms with E-state index in [-0.39, 0.29) is 5.92 Å². The Balaban J connectivity index is 2.20. The van der Waals surface area contributed by atoms with Crippen LogP contribution in [0, 0.1) is 5.92 Å². The maximum atomic E-state index is 10.8. The Kier molecular flexibility index (Phi) is 2.62. The zero-order chi connectivity index (χ0) is 10.8.